The number of thiophene rings is 2. The van der Waals surface area contributed by atoms with E-state index in [2.05, 4.69) is 5.32 Å². The van der Waals surface area contributed by atoms with Crippen molar-refractivity contribution in [2.24, 2.45) is 11.7 Å². The Morgan fingerprint density at radius 3 is 2.24 bits per heavy atom. The number of nitrogens with one attached hydrogen (secondary N) is 1. The highest BCUT2D eigenvalue weighted by molar-refractivity contribution is 7.12. The summed E-state index contributed by atoms with van der Waals surface area (Å²) < 4.78 is 0. The number of rotatable bonds is 8. The fourth-order valence-electron chi connectivity index (χ4n) is 5.78. The van der Waals surface area contributed by atoms with Gasteiger partial charge in [0, 0.05) is 33.8 Å². The van der Waals surface area contributed by atoms with Gasteiger partial charge in [0.25, 0.3) is 5.91 Å². The molecule has 1 fully saturated rings. The number of hydrogen-bond acceptors (Lipinski definition) is 6. The molecule has 3 amide bonds. The third-order valence-corrected chi connectivity index (χ3v) is 9.31. The maximum atomic E-state index is 14.6. The van der Waals surface area contributed by atoms with E-state index in [4.69, 9.17) is 5.73 Å². The second-order valence-corrected chi connectivity index (χ2v) is 12.8. The number of ketones is 1. The molecule has 0 saturated carbocycles. The molecule has 1 saturated heterocycles. The van der Waals surface area contributed by atoms with Crippen molar-refractivity contribution in [1.29, 1.82) is 0 Å². The SMILES string of the molecule is CC(=O)Nc1ccc(C2C(C(=O)c3cc(C)sc3C)C(C=Cc3ccccc3)N(C(=O)c3cccs3)C2C(N)=O)cc1. The number of likely N-dealkylation sites (tertiary alicyclic amines) is 1. The minimum atomic E-state index is -1.09. The highest BCUT2D eigenvalue weighted by atomic mass is 32.1. The Bertz CT molecular complexity index is 1640. The molecule has 2 aromatic carbocycles. The molecule has 0 spiro atoms. The number of aryl methyl sites for hydroxylation is 2. The van der Waals surface area contributed by atoms with Crippen molar-refractivity contribution in [3.63, 3.8) is 0 Å². The Balaban J connectivity index is 1.71. The largest absolute Gasteiger partial charge is 0.368 e. The summed E-state index contributed by atoms with van der Waals surface area (Å²) >= 11 is 2.81. The number of carbonyl (C=O) groups excluding carboxylic acids is 4. The number of amides is 3. The van der Waals surface area contributed by atoms with Crippen molar-refractivity contribution >= 4 is 57.9 Å². The first-order valence-electron chi connectivity index (χ1n) is 13.5. The van der Waals surface area contributed by atoms with Crippen LogP contribution in [0.5, 0.6) is 0 Å². The van der Waals surface area contributed by atoms with E-state index in [9.17, 15) is 19.2 Å². The zero-order valence-electron chi connectivity index (χ0n) is 23.4. The lowest BCUT2D eigenvalue weighted by molar-refractivity contribution is -0.122. The van der Waals surface area contributed by atoms with Crippen LogP contribution < -0.4 is 11.1 Å². The fourth-order valence-corrected chi connectivity index (χ4v) is 7.38. The smallest absolute Gasteiger partial charge is 0.265 e. The molecule has 4 unspecified atom stereocenters. The van der Waals surface area contributed by atoms with E-state index in [1.807, 2.05) is 62.4 Å². The molecule has 1 aliphatic heterocycles. The fraction of sp³-hybridized carbons (Fsp3) is 0.212. The van der Waals surface area contributed by atoms with Gasteiger partial charge in [-0.3, -0.25) is 19.2 Å². The first-order chi connectivity index (χ1) is 20.2. The summed E-state index contributed by atoms with van der Waals surface area (Å²) in [6, 6.07) is 20.2. The van der Waals surface area contributed by atoms with Crippen LogP contribution in [0.1, 0.15) is 53.8 Å². The molecular weight excluding hydrogens is 567 g/mol. The average molecular weight is 598 g/mol. The van der Waals surface area contributed by atoms with Crippen molar-refractivity contribution < 1.29 is 19.2 Å². The van der Waals surface area contributed by atoms with Crippen LogP contribution in [-0.4, -0.2) is 40.5 Å². The molecule has 3 N–H and O–H groups in total. The van der Waals surface area contributed by atoms with Gasteiger partial charge in [-0.2, -0.15) is 0 Å². The molecule has 0 aliphatic carbocycles. The molecule has 5 rings (SSSR count). The number of anilines is 1. The molecule has 4 atom stereocenters. The first-order valence-corrected chi connectivity index (χ1v) is 15.2. The minimum absolute atomic E-state index is 0.150. The summed E-state index contributed by atoms with van der Waals surface area (Å²) in [5.41, 5.74) is 8.82. The summed E-state index contributed by atoms with van der Waals surface area (Å²) in [5.74, 6) is -2.94. The number of hydrogen-bond donors (Lipinski definition) is 2. The zero-order chi connectivity index (χ0) is 30.0. The van der Waals surface area contributed by atoms with Gasteiger partial charge in [0.2, 0.25) is 11.8 Å². The molecular formula is C33H31N3O4S2. The van der Waals surface area contributed by atoms with E-state index in [0.717, 1.165) is 15.3 Å². The van der Waals surface area contributed by atoms with Crippen molar-refractivity contribution in [3.05, 3.63) is 116 Å². The highest BCUT2D eigenvalue weighted by Gasteiger charge is 2.56. The first kappa shape index (κ1) is 29.2. The number of carbonyl (C=O) groups is 4. The van der Waals surface area contributed by atoms with Crippen LogP contribution in [0.4, 0.5) is 5.69 Å². The third kappa shape index (κ3) is 5.84. The second-order valence-electron chi connectivity index (χ2n) is 10.3. The molecule has 1 aliphatic rings. The number of benzene rings is 2. The molecule has 42 heavy (non-hydrogen) atoms. The van der Waals surface area contributed by atoms with E-state index in [1.165, 1.54) is 34.5 Å². The van der Waals surface area contributed by atoms with Gasteiger partial charge < -0.3 is 16.0 Å². The maximum Gasteiger partial charge on any atom is 0.265 e. The van der Waals surface area contributed by atoms with Gasteiger partial charge in [0.1, 0.15) is 6.04 Å². The molecule has 0 radical (unpaired) electrons. The molecule has 0 bridgehead atoms. The van der Waals surface area contributed by atoms with Gasteiger partial charge in [-0.25, -0.2) is 0 Å². The van der Waals surface area contributed by atoms with Crippen LogP contribution >= 0.6 is 22.7 Å². The number of nitrogens with two attached hydrogens (primary N) is 1. The van der Waals surface area contributed by atoms with Crippen molar-refractivity contribution in [2.75, 3.05) is 5.32 Å². The van der Waals surface area contributed by atoms with Gasteiger partial charge in [0.15, 0.2) is 5.78 Å². The monoisotopic (exact) mass is 597 g/mol. The molecule has 2 aromatic heterocycles. The van der Waals surface area contributed by atoms with Gasteiger partial charge in [-0.15, -0.1) is 22.7 Å². The Morgan fingerprint density at radius 1 is 0.952 bits per heavy atom. The van der Waals surface area contributed by atoms with Crippen molar-refractivity contribution in [3.8, 4) is 0 Å². The third-order valence-electron chi connectivity index (χ3n) is 7.48. The van der Waals surface area contributed by atoms with Gasteiger partial charge in [0.05, 0.1) is 16.8 Å². The summed E-state index contributed by atoms with van der Waals surface area (Å²) in [6.45, 7) is 5.28. The predicted molar refractivity (Wildman–Crippen MR) is 168 cm³/mol. The van der Waals surface area contributed by atoms with Crippen LogP contribution in [0.3, 0.4) is 0 Å². The Hall–Kier alpha value is -4.34. The molecule has 214 valence electrons. The highest BCUT2D eigenvalue weighted by Crippen LogP contribution is 2.46. The molecule has 3 heterocycles. The summed E-state index contributed by atoms with van der Waals surface area (Å²) in [7, 11) is 0. The van der Waals surface area contributed by atoms with E-state index in [1.54, 1.807) is 41.8 Å². The number of primary amides is 1. The zero-order valence-corrected chi connectivity index (χ0v) is 25.1. The van der Waals surface area contributed by atoms with E-state index in [0.29, 0.717) is 21.7 Å². The van der Waals surface area contributed by atoms with Crippen molar-refractivity contribution in [2.45, 2.75) is 38.8 Å². The Labute approximate surface area is 252 Å². The normalized spacial score (nSPS) is 20.1. The van der Waals surface area contributed by atoms with Crippen LogP contribution in [0.25, 0.3) is 6.08 Å². The lowest BCUT2D eigenvalue weighted by Gasteiger charge is -2.28. The molecule has 7 nitrogen and oxygen atoms in total. The summed E-state index contributed by atoms with van der Waals surface area (Å²) in [4.78, 5) is 57.4. The Morgan fingerprint density at radius 2 is 1.67 bits per heavy atom. The number of Topliss-reactive ketones (excluding diaryl/α,β-unsaturated/α-hetero) is 1. The van der Waals surface area contributed by atoms with Gasteiger partial charge in [-0.1, -0.05) is 60.7 Å². The van der Waals surface area contributed by atoms with Crippen LogP contribution in [0.15, 0.2) is 84.3 Å². The second kappa shape index (κ2) is 12.3. The topological polar surface area (TPSA) is 110 Å². The van der Waals surface area contributed by atoms with Crippen LogP contribution in [0, 0.1) is 19.8 Å². The summed E-state index contributed by atoms with van der Waals surface area (Å²) in [6.07, 6.45) is 3.73. The maximum absolute atomic E-state index is 14.6. The van der Waals surface area contributed by atoms with Gasteiger partial charge >= 0.3 is 0 Å². The predicted octanol–water partition coefficient (Wildman–Crippen LogP) is 6.06. The minimum Gasteiger partial charge on any atom is -0.368 e. The van der Waals surface area contributed by atoms with E-state index in [-0.39, 0.29) is 17.6 Å². The average Bonchev–Trinajstić information content (AvgIpc) is 3.69. The quantitative estimate of drug-likeness (QED) is 0.241. The van der Waals surface area contributed by atoms with E-state index >= 15 is 0 Å². The lowest BCUT2D eigenvalue weighted by Crippen LogP contribution is -2.48. The standard InChI is InChI=1S/C33H31N3O4S2/c1-19-18-25(20(2)42-19)31(38)29-26(16-11-22-8-5-4-6-9-22)36(33(40)27-10-7-17-41-27)30(32(34)39)28(29)23-12-14-24(15-13-23)35-21(3)37/h4-18,26,28-30H,1-3H3,(H2,34,39)(H,35,37). The van der Waals surface area contributed by atoms with Crippen LogP contribution in [0.2, 0.25) is 0 Å². The number of nitrogens with zero attached hydrogens (tertiary/aromatic N) is 1. The Kier molecular flexibility index (Phi) is 8.51. The lowest BCUT2D eigenvalue weighted by atomic mass is 9.77. The summed E-state index contributed by atoms with van der Waals surface area (Å²) in [5, 5.41) is 4.55. The van der Waals surface area contributed by atoms with Crippen molar-refractivity contribution in [1.82, 2.24) is 4.90 Å². The van der Waals surface area contributed by atoms with Gasteiger partial charge in [-0.05, 0) is 54.6 Å². The molecule has 4 aromatic rings. The van der Waals surface area contributed by atoms with Crippen LogP contribution in [-0.2, 0) is 9.59 Å². The van der Waals surface area contributed by atoms with E-state index < -0.39 is 29.8 Å². The molecule has 9 heteroatoms.